The van der Waals surface area contributed by atoms with Crippen LogP contribution >= 0.6 is 0 Å². The fourth-order valence-electron chi connectivity index (χ4n) is 1.53. The van der Waals surface area contributed by atoms with Crippen molar-refractivity contribution in [2.45, 2.75) is 38.8 Å². The minimum Gasteiger partial charge on any atom is -0.294 e. The van der Waals surface area contributed by atoms with E-state index in [2.05, 4.69) is 4.98 Å². The number of alkyl halides is 3. The molecule has 1 aromatic rings. The molecule has 0 saturated heterocycles. The van der Waals surface area contributed by atoms with Crippen molar-refractivity contribution in [1.29, 1.82) is 0 Å². The molecule has 0 saturated carbocycles. The first-order valence-corrected chi connectivity index (χ1v) is 5.51. The molecule has 94 valence electrons. The van der Waals surface area contributed by atoms with Gasteiger partial charge in [0, 0.05) is 24.4 Å². The van der Waals surface area contributed by atoms with Crippen molar-refractivity contribution in [2.75, 3.05) is 0 Å². The molecule has 0 spiro atoms. The number of nitrogens with zero attached hydrogens (tertiary/aromatic N) is 1. The van der Waals surface area contributed by atoms with Crippen molar-refractivity contribution in [3.63, 3.8) is 0 Å². The maximum Gasteiger partial charge on any atom is 0.417 e. The van der Waals surface area contributed by atoms with E-state index in [0.717, 1.165) is 31.3 Å². The quantitative estimate of drug-likeness (QED) is 0.582. The van der Waals surface area contributed by atoms with E-state index in [0.29, 0.717) is 6.42 Å². The molecule has 0 aromatic carbocycles. The van der Waals surface area contributed by atoms with Crippen LogP contribution in [0.4, 0.5) is 13.2 Å². The van der Waals surface area contributed by atoms with E-state index in [4.69, 9.17) is 0 Å². The highest BCUT2D eigenvalue weighted by molar-refractivity contribution is 5.97. The first-order valence-electron chi connectivity index (χ1n) is 5.51. The number of unbranched alkanes of at least 4 members (excludes halogenated alkanes) is 2. The second-order valence-electron chi connectivity index (χ2n) is 3.80. The van der Waals surface area contributed by atoms with Crippen LogP contribution in [0.1, 0.15) is 48.5 Å². The molecule has 1 aromatic heterocycles. The molecule has 0 aliphatic rings. The Kier molecular flexibility index (Phi) is 4.66. The molecule has 0 N–H and O–H groups in total. The Morgan fingerprint density at radius 1 is 1.35 bits per heavy atom. The van der Waals surface area contributed by atoms with Gasteiger partial charge in [-0.2, -0.15) is 13.2 Å². The maximum atomic E-state index is 12.6. The van der Waals surface area contributed by atoms with Gasteiger partial charge in [-0.05, 0) is 12.5 Å². The Hall–Kier alpha value is -1.39. The minimum absolute atomic E-state index is 0.141. The highest BCUT2D eigenvalue weighted by atomic mass is 19.4. The van der Waals surface area contributed by atoms with Gasteiger partial charge >= 0.3 is 6.18 Å². The van der Waals surface area contributed by atoms with Gasteiger partial charge in [0.15, 0.2) is 5.78 Å². The van der Waals surface area contributed by atoms with Gasteiger partial charge in [-0.1, -0.05) is 19.8 Å². The Morgan fingerprint density at radius 3 is 2.65 bits per heavy atom. The molecule has 0 radical (unpaired) electrons. The zero-order valence-corrected chi connectivity index (χ0v) is 9.55. The largest absolute Gasteiger partial charge is 0.417 e. The van der Waals surface area contributed by atoms with Gasteiger partial charge < -0.3 is 0 Å². The zero-order chi connectivity index (χ0) is 12.9. The van der Waals surface area contributed by atoms with E-state index in [-0.39, 0.29) is 12.0 Å². The van der Waals surface area contributed by atoms with Gasteiger partial charge in [0.25, 0.3) is 0 Å². The predicted molar refractivity (Wildman–Crippen MR) is 57.7 cm³/mol. The summed E-state index contributed by atoms with van der Waals surface area (Å²) < 4.78 is 37.9. The van der Waals surface area contributed by atoms with Crippen LogP contribution in [0, 0.1) is 0 Å². The van der Waals surface area contributed by atoms with E-state index in [1.54, 1.807) is 0 Å². The fourth-order valence-corrected chi connectivity index (χ4v) is 1.53. The second-order valence-corrected chi connectivity index (χ2v) is 3.80. The highest BCUT2D eigenvalue weighted by Gasteiger charge is 2.34. The van der Waals surface area contributed by atoms with Crippen molar-refractivity contribution in [3.05, 3.63) is 29.6 Å². The van der Waals surface area contributed by atoms with E-state index in [1.165, 1.54) is 0 Å². The standard InChI is InChI=1S/C12H14F3NO/c1-2-3-4-5-11(17)9-8-16-7-6-10(9)12(13,14)15/h6-8H,2-5H2,1H3. The number of rotatable bonds is 5. The predicted octanol–water partition coefficient (Wildman–Crippen LogP) is 3.86. The molecule has 0 unspecified atom stereocenters. The lowest BCUT2D eigenvalue weighted by Crippen LogP contribution is -2.13. The molecule has 2 nitrogen and oxygen atoms in total. The van der Waals surface area contributed by atoms with Crippen LogP contribution < -0.4 is 0 Å². The lowest BCUT2D eigenvalue weighted by atomic mass is 10.0. The van der Waals surface area contributed by atoms with Crippen LogP contribution in [0.5, 0.6) is 0 Å². The summed E-state index contributed by atoms with van der Waals surface area (Å²) in [5.74, 6) is -0.487. The average molecular weight is 245 g/mol. The first kappa shape index (κ1) is 13.7. The summed E-state index contributed by atoms with van der Waals surface area (Å²) in [6, 6.07) is 0.840. The molecular weight excluding hydrogens is 231 g/mol. The van der Waals surface area contributed by atoms with Crippen molar-refractivity contribution in [3.8, 4) is 0 Å². The fraction of sp³-hybridized carbons (Fsp3) is 0.500. The summed E-state index contributed by atoms with van der Waals surface area (Å²) in [5.41, 5.74) is -1.22. The third-order valence-corrected chi connectivity index (χ3v) is 2.43. The molecule has 0 bridgehead atoms. The Bertz CT molecular complexity index is 388. The van der Waals surface area contributed by atoms with Crippen molar-refractivity contribution >= 4 is 5.78 Å². The van der Waals surface area contributed by atoms with Crippen molar-refractivity contribution < 1.29 is 18.0 Å². The van der Waals surface area contributed by atoms with Crippen molar-refractivity contribution in [2.24, 2.45) is 0 Å². The van der Waals surface area contributed by atoms with Crippen molar-refractivity contribution in [1.82, 2.24) is 4.98 Å². The van der Waals surface area contributed by atoms with Crippen LogP contribution in [0.3, 0.4) is 0 Å². The number of carbonyl (C=O) groups excluding carboxylic acids is 1. The number of hydrogen-bond acceptors (Lipinski definition) is 2. The van der Waals surface area contributed by atoms with E-state index in [9.17, 15) is 18.0 Å². The first-order chi connectivity index (χ1) is 7.96. The summed E-state index contributed by atoms with van der Waals surface area (Å²) in [6.45, 7) is 1.97. The summed E-state index contributed by atoms with van der Waals surface area (Å²) in [5, 5.41) is 0. The number of carbonyl (C=O) groups is 1. The average Bonchev–Trinajstić information content (AvgIpc) is 2.28. The highest BCUT2D eigenvalue weighted by Crippen LogP contribution is 2.32. The number of Topliss-reactive ketones (excluding diaryl/α,β-unsaturated/α-hetero) is 1. The number of hydrogen-bond donors (Lipinski definition) is 0. The third kappa shape index (κ3) is 3.84. The molecule has 0 aliphatic carbocycles. The molecule has 17 heavy (non-hydrogen) atoms. The molecule has 1 heterocycles. The smallest absolute Gasteiger partial charge is 0.294 e. The van der Waals surface area contributed by atoms with Gasteiger partial charge in [-0.3, -0.25) is 9.78 Å². The summed E-state index contributed by atoms with van der Waals surface area (Å²) in [6.07, 6.45) is 0.0609. The summed E-state index contributed by atoms with van der Waals surface area (Å²) in [7, 11) is 0. The number of halogens is 3. The topological polar surface area (TPSA) is 30.0 Å². The van der Waals surface area contributed by atoms with E-state index < -0.39 is 17.5 Å². The van der Waals surface area contributed by atoms with E-state index >= 15 is 0 Å². The monoisotopic (exact) mass is 245 g/mol. The van der Waals surface area contributed by atoms with Gasteiger partial charge in [-0.15, -0.1) is 0 Å². The van der Waals surface area contributed by atoms with Crippen LogP contribution in [-0.2, 0) is 6.18 Å². The van der Waals surface area contributed by atoms with E-state index in [1.807, 2.05) is 6.92 Å². The van der Waals surface area contributed by atoms with Gasteiger partial charge in [0.05, 0.1) is 5.56 Å². The van der Waals surface area contributed by atoms with Gasteiger partial charge in [0.2, 0.25) is 0 Å². The molecule has 5 heteroatoms. The number of ketones is 1. The van der Waals surface area contributed by atoms with Crippen LogP contribution in [0.2, 0.25) is 0 Å². The number of pyridine rings is 1. The molecule has 0 aliphatic heterocycles. The summed E-state index contributed by atoms with van der Waals surface area (Å²) >= 11 is 0. The third-order valence-electron chi connectivity index (χ3n) is 2.43. The lowest BCUT2D eigenvalue weighted by Gasteiger charge is -2.10. The Labute approximate surface area is 97.9 Å². The SMILES string of the molecule is CCCCCC(=O)c1cnccc1C(F)(F)F. The molecule has 0 fully saturated rings. The van der Waals surface area contributed by atoms with Crippen LogP contribution in [-0.4, -0.2) is 10.8 Å². The maximum absolute atomic E-state index is 12.6. The molecule has 1 rings (SSSR count). The van der Waals surface area contributed by atoms with Crippen LogP contribution in [0.25, 0.3) is 0 Å². The van der Waals surface area contributed by atoms with Gasteiger partial charge in [0.1, 0.15) is 0 Å². The summed E-state index contributed by atoms with van der Waals surface area (Å²) in [4.78, 5) is 15.2. The second kappa shape index (κ2) is 5.80. The lowest BCUT2D eigenvalue weighted by molar-refractivity contribution is -0.138. The number of aromatic nitrogens is 1. The van der Waals surface area contributed by atoms with Crippen LogP contribution in [0.15, 0.2) is 18.5 Å². The van der Waals surface area contributed by atoms with Gasteiger partial charge in [-0.25, -0.2) is 0 Å². The minimum atomic E-state index is -4.50. The normalized spacial score (nSPS) is 11.5. The zero-order valence-electron chi connectivity index (χ0n) is 9.55. The molecule has 0 amide bonds. The molecular formula is C12H14F3NO. The Morgan fingerprint density at radius 2 is 2.06 bits per heavy atom. The molecule has 0 atom stereocenters. The Balaban J connectivity index is 2.86.